The molecule has 1 fully saturated rings. The Bertz CT molecular complexity index is 725. The van der Waals surface area contributed by atoms with E-state index in [4.69, 9.17) is 9.47 Å². The normalized spacial score (nSPS) is 22.7. The first-order chi connectivity index (χ1) is 11.7. The molecule has 0 bridgehead atoms. The van der Waals surface area contributed by atoms with E-state index in [1.807, 2.05) is 35.7 Å². The summed E-state index contributed by atoms with van der Waals surface area (Å²) in [4.78, 5) is 13.6. The molecule has 1 amide bonds. The predicted molar refractivity (Wildman–Crippen MR) is 90.2 cm³/mol. The lowest BCUT2D eigenvalue weighted by atomic mass is 9.76. The SMILES string of the molecule is O=C(Cc1ccc2c(c1)OCO2)NC(c1cccs1)C1CC(O)C1. The van der Waals surface area contributed by atoms with E-state index in [0.29, 0.717) is 18.1 Å². The maximum atomic E-state index is 12.5. The first kappa shape index (κ1) is 15.5. The Kier molecular flexibility index (Phi) is 4.16. The smallest absolute Gasteiger partial charge is 0.231 e. The average Bonchev–Trinajstić information content (AvgIpc) is 3.20. The van der Waals surface area contributed by atoms with Crippen LogP contribution in [0.15, 0.2) is 35.7 Å². The lowest BCUT2D eigenvalue weighted by Gasteiger charge is -2.37. The van der Waals surface area contributed by atoms with Crippen molar-refractivity contribution < 1.29 is 19.4 Å². The fraction of sp³-hybridized carbons (Fsp3) is 0.389. The number of aliphatic hydroxyl groups is 1. The molecule has 2 heterocycles. The molecule has 1 unspecified atom stereocenters. The zero-order valence-corrected chi connectivity index (χ0v) is 13.9. The summed E-state index contributed by atoms with van der Waals surface area (Å²) in [5.41, 5.74) is 0.898. The molecule has 5 nitrogen and oxygen atoms in total. The summed E-state index contributed by atoms with van der Waals surface area (Å²) in [6.45, 7) is 0.232. The van der Waals surface area contributed by atoms with Crippen molar-refractivity contribution in [3.63, 3.8) is 0 Å². The number of rotatable bonds is 5. The molecule has 24 heavy (non-hydrogen) atoms. The predicted octanol–water partition coefficient (Wildman–Crippen LogP) is 2.65. The minimum atomic E-state index is -0.233. The monoisotopic (exact) mass is 345 g/mol. The topological polar surface area (TPSA) is 67.8 Å². The Morgan fingerprint density at radius 3 is 2.88 bits per heavy atom. The van der Waals surface area contributed by atoms with Gasteiger partial charge in [0.15, 0.2) is 11.5 Å². The third-order valence-electron chi connectivity index (χ3n) is 4.59. The van der Waals surface area contributed by atoms with Crippen LogP contribution in [0.5, 0.6) is 11.5 Å². The molecule has 0 saturated heterocycles. The molecular formula is C18H19NO4S. The number of thiophene rings is 1. The number of hydrogen-bond donors (Lipinski definition) is 2. The van der Waals surface area contributed by atoms with Crippen molar-refractivity contribution in [1.82, 2.24) is 5.32 Å². The molecule has 6 heteroatoms. The minimum Gasteiger partial charge on any atom is -0.454 e. The van der Waals surface area contributed by atoms with Crippen LogP contribution in [0.25, 0.3) is 0 Å². The molecule has 0 radical (unpaired) electrons. The number of fused-ring (bicyclic) bond motifs is 1. The van der Waals surface area contributed by atoms with E-state index in [9.17, 15) is 9.90 Å². The number of amides is 1. The Balaban J connectivity index is 1.43. The van der Waals surface area contributed by atoms with Crippen LogP contribution in [0.4, 0.5) is 0 Å². The van der Waals surface area contributed by atoms with Crippen LogP contribution in [-0.4, -0.2) is 23.9 Å². The molecule has 2 aliphatic rings. The van der Waals surface area contributed by atoms with Gasteiger partial charge >= 0.3 is 0 Å². The van der Waals surface area contributed by atoms with Crippen molar-refractivity contribution >= 4 is 17.2 Å². The molecule has 1 aromatic carbocycles. The minimum absolute atomic E-state index is 0.0186. The van der Waals surface area contributed by atoms with Gasteiger partial charge in [-0.15, -0.1) is 11.3 Å². The van der Waals surface area contributed by atoms with Gasteiger partial charge < -0.3 is 19.9 Å². The van der Waals surface area contributed by atoms with Gasteiger partial charge in [-0.25, -0.2) is 0 Å². The molecule has 1 aliphatic carbocycles. The van der Waals surface area contributed by atoms with Gasteiger partial charge in [-0.1, -0.05) is 12.1 Å². The van der Waals surface area contributed by atoms with E-state index in [2.05, 4.69) is 5.32 Å². The zero-order valence-electron chi connectivity index (χ0n) is 13.1. The highest BCUT2D eigenvalue weighted by Crippen LogP contribution is 2.39. The van der Waals surface area contributed by atoms with Crippen molar-refractivity contribution in [2.75, 3.05) is 6.79 Å². The molecule has 0 spiro atoms. The van der Waals surface area contributed by atoms with Crippen LogP contribution < -0.4 is 14.8 Å². The number of nitrogens with one attached hydrogen (secondary N) is 1. The van der Waals surface area contributed by atoms with Crippen molar-refractivity contribution in [3.05, 3.63) is 46.2 Å². The molecule has 1 saturated carbocycles. The summed E-state index contributed by atoms with van der Waals surface area (Å²) in [5, 5.41) is 14.8. The number of hydrogen-bond acceptors (Lipinski definition) is 5. The van der Waals surface area contributed by atoms with Crippen molar-refractivity contribution in [3.8, 4) is 11.5 Å². The summed E-state index contributed by atoms with van der Waals surface area (Å²) in [7, 11) is 0. The van der Waals surface area contributed by atoms with Crippen LogP contribution in [0.2, 0.25) is 0 Å². The summed E-state index contributed by atoms with van der Waals surface area (Å²) in [6, 6.07) is 9.60. The van der Waals surface area contributed by atoms with Gasteiger partial charge in [-0.05, 0) is 47.9 Å². The van der Waals surface area contributed by atoms with Crippen LogP contribution in [0.3, 0.4) is 0 Å². The maximum absolute atomic E-state index is 12.5. The first-order valence-corrected chi connectivity index (χ1v) is 8.96. The number of benzene rings is 1. The largest absolute Gasteiger partial charge is 0.454 e. The second kappa shape index (κ2) is 6.45. The average molecular weight is 345 g/mol. The van der Waals surface area contributed by atoms with Crippen LogP contribution in [0.1, 0.15) is 29.3 Å². The molecule has 2 aromatic rings. The summed E-state index contributed by atoms with van der Waals surface area (Å²) < 4.78 is 10.6. The molecule has 2 N–H and O–H groups in total. The lowest BCUT2D eigenvalue weighted by Crippen LogP contribution is -2.41. The molecular weight excluding hydrogens is 326 g/mol. The van der Waals surface area contributed by atoms with Crippen molar-refractivity contribution in [2.45, 2.75) is 31.4 Å². The van der Waals surface area contributed by atoms with Gasteiger partial charge in [0.25, 0.3) is 0 Å². The van der Waals surface area contributed by atoms with Gasteiger partial charge in [0.2, 0.25) is 12.7 Å². The van der Waals surface area contributed by atoms with E-state index >= 15 is 0 Å². The second-order valence-corrected chi connectivity index (χ2v) is 7.29. The van der Waals surface area contributed by atoms with Gasteiger partial charge in [0, 0.05) is 4.88 Å². The number of carbonyl (C=O) groups is 1. The van der Waals surface area contributed by atoms with E-state index in [-0.39, 0.29) is 24.8 Å². The van der Waals surface area contributed by atoms with Gasteiger partial charge in [-0.3, -0.25) is 4.79 Å². The Labute approximate surface area is 144 Å². The standard InChI is InChI=1S/C18H19NO4S/c20-13-8-12(9-13)18(16-2-1-5-24-16)19-17(21)7-11-3-4-14-15(6-11)23-10-22-14/h1-6,12-13,18,20H,7-10H2,(H,19,21). The summed E-state index contributed by atoms with van der Waals surface area (Å²) >= 11 is 1.64. The molecule has 1 aliphatic heterocycles. The van der Waals surface area contributed by atoms with Crippen molar-refractivity contribution in [1.29, 1.82) is 0 Å². The first-order valence-electron chi connectivity index (χ1n) is 8.08. The number of carbonyl (C=O) groups excluding carboxylic acids is 1. The van der Waals surface area contributed by atoms with Gasteiger partial charge in [0.1, 0.15) is 0 Å². The highest BCUT2D eigenvalue weighted by Gasteiger charge is 2.36. The lowest BCUT2D eigenvalue weighted by molar-refractivity contribution is -0.122. The second-order valence-electron chi connectivity index (χ2n) is 6.31. The third kappa shape index (κ3) is 3.12. The molecule has 1 atom stereocenters. The Morgan fingerprint density at radius 2 is 2.12 bits per heavy atom. The summed E-state index contributed by atoms with van der Waals surface area (Å²) in [5.74, 6) is 1.70. The van der Waals surface area contributed by atoms with E-state index < -0.39 is 0 Å². The molecule has 126 valence electrons. The Hall–Kier alpha value is -2.05. The van der Waals surface area contributed by atoms with Crippen LogP contribution >= 0.6 is 11.3 Å². The number of ether oxygens (including phenoxy) is 2. The van der Waals surface area contributed by atoms with E-state index in [1.165, 1.54) is 0 Å². The Morgan fingerprint density at radius 1 is 1.29 bits per heavy atom. The highest BCUT2D eigenvalue weighted by atomic mass is 32.1. The van der Waals surface area contributed by atoms with Gasteiger partial charge in [-0.2, -0.15) is 0 Å². The fourth-order valence-corrected chi connectivity index (χ4v) is 4.12. The summed E-state index contributed by atoms with van der Waals surface area (Å²) in [6.07, 6.45) is 1.55. The van der Waals surface area contributed by atoms with Crippen LogP contribution in [0, 0.1) is 5.92 Å². The quantitative estimate of drug-likeness (QED) is 0.874. The van der Waals surface area contributed by atoms with Crippen LogP contribution in [-0.2, 0) is 11.2 Å². The highest BCUT2D eigenvalue weighted by molar-refractivity contribution is 7.10. The zero-order chi connectivity index (χ0) is 16.5. The van der Waals surface area contributed by atoms with Gasteiger partial charge in [0.05, 0.1) is 18.6 Å². The van der Waals surface area contributed by atoms with E-state index in [0.717, 1.165) is 29.0 Å². The number of aliphatic hydroxyl groups excluding tert-OH is 1. The molecule has 1 aromatic heterocycles. The fourth-order valence-electron chi connectivity index (χ4n) is 3.25. The maximum Gasteiger partial charge on any atom is 0.231 e. The third-order valence-corrected chi connectivity index (χ3v) is 5.54. The van der Waals surface area contributed by atoms with E-state index in [1.54, 1.807) is 11.3 Å². The molecule has 4 rings (SSSR count). The van der Waals surface area contributed by atoms with Crippen molar-refractivity contribution in [2.24, 2.45) is 5.92 Å².